The standard InChI is InChI=1S/C37H44F6N8O.C2H6/c1-23-31-15-27(32(46-33(31)51(47-23)35(2,3)4)49(19-24-5-6-24)20-25-7-8-25)22-50(34-44-17-30(18-45-34)48-9-11-52-12-10-48)21-26-13-28(36(38,39)40)16-29(14-26)37(41,42)43;1-2/h13-18,24-25H,5-12,19-22H2,1-4H3;1-2H3. The maximum atomic E-state index is 14.0. The number of hydrogen-bond donors (Lipinski definition) is 0. The molecule has 3 aliphatic rings. The molecule has 4 aromatic rings. The van der Waals surface area contributed by atoms with Gasteiger partial charge in [-0.25, -0.2) is 19.6 Å². The fourth-order valence-electron chi connectivity index (χ4n) is 6.74. The SMILES string of the molecule is CC.Cc1nn(C(C)(C)C)c2nc(N(CC3CC3)CC3CC3)c(CN(Cc3cc(C(F)(F)F)cc(C(F)(F)F)c3)c3ncc(N4CCOCC4)cn3)cc12. The van der Waals surface area contributed by atoms with E-state index >= 15 is 0 Å². The minimum absolute atomic E-state index is 0.0821. The van der Waals surface area contributed by atoms with Crippen molar-refractivity contribution in [3.05, 3.63) is 64.6 Å². The summed E-state index contributed by atoms with van der Waals surface area (Å²) in [6.07, 6.45) is -2.16. The molecule has 1 aliphatic heterocycles. The van der Waals surface area contributed by atoms with Crippen molar-refractivity contribution in [1.82, 2.24) is 24.7 Å². The summed E-state index contributed by atoms with van der Waals surface area (Å²) >= 11 is 0. The molecule has 7 rings (SSSR count). The van der Waals surface area contributed by atoms with Crippen LogP contribution >= 0.6 is 0 Å². The number of nitrogens with zero attached hydrogens (tertiary/aromatic N) is 8. The highest BCUT2D eigenvalue weighted by molar-refractivity contribution is 5.82. The lowest BCUT2D eigenvalue weighted by molar-refractivity contribution is -0.143. The molecule has 3 aromatic heterocycles. The van der Waals surface area contributed by atoms with E-state index in [1.807, 2.05) is 31.5 Å². The molecule has 0 bridgehead atoms. The zero-order valence-electron chi connectivity index (χ0n) is 31.9. The average molecular weight is 761 g/mol. The Morgan fingerprint density at radius 1 is 0.778 bits per heavy atom. The number of ether oxygens (including phenoxy) is 1. The summed E-state index contributed by atoms with van der Waals surface area (Å²) < 4.78 is 91.1. The molecular formula is C39H50F6N8O. The molecule has 0 N–H and O–H groups in total. The fraction of sp³-hybridized carbons (Fsp3) is 0.590. The van der Waals surface area contributed by atoms with E-state index in [9.17, 15) is 26.3 Å². The Bertz CT molecular complexity index is 1840. The summed E-state index contributed by atoms with van der Waals surface area (Å²) in [4.78, 5) is 20.6. The van der Waals surface area contributed by atoms with Gasteiger partial charge < -0.3 is 19.4 Å². The lowest BCUT2D eigenvalue weighted by Crippen LogP contribution is -2.36. The van der Waals surface area contributed by atoms with Gasteiger partial charge in [-0.15, -0.1) is 0 Å². The summed E-state index contributed by atoms with van der Waals surface area (Å²) in [7, 11) is 0. The predicted octanol–water partition coefficient (Wildman–Crippen LogP) is 9.02. The first-order chi connectivity index (χ1) is 25.5. The van der Waals surface area contributed by atoms with Gasteiger partial charge in [0.15, 0.2) is 5.65 Å². The quantitative estimate of drug-likeness (QED) is 0.140. The molecule has 2 saturated carbocycles. The summed E-state index contributed by atoms with van der Waals surface area (Å²) in [5.41, 5.74) is -0.239. The summed E-state index contributed by atoms with van der Waals surface area (Å²) in [6.45, 7) is 15.9. The summed E-state index contributed by atoms with van der Waals surface area (Å²) in [5, 5.41) is 5.67. The van der Waals surface area contributed by atoms with Gasteiger partial charge >= 0.3 is 12.4 Å². The molecule has 1 aromatic carbocycles. The van der Waals surface area contributed by atoms with Crippen molar-refractivity contribution in [3.63, 3.8) is 0 Å². The van der Waals surface area contributed by atoms with E-state index < -0.39 is 23.5 Å². The Morgan fingerprint density at radius 2 is 1.33 bits per heavy atom. The van der Waals surface area contributed by atoms with Gasteiger partial charge in [0, 0.05) is 50.2 Å². The minimum atomic E-state index is -4.98. The highest BCUT2D eigenvalue weighted by atomic mass is 19.4. The van der Waals surface area contributed by atoms with E-state index in [0.717, 1.165) is 84.7 Å². The lowest BCUT2D eigenvalue weighted by atomic mass is 10.0. The average Bonchev–Trinajstić information content (AvgIpc) is 4.08. The van der Waals surface area contributed by atoms with Crippen LogP contribution in [-0.2, 0) is 35.7 Å². The normalized spacial score (nSPS) is 16.7. The molecule has 4 heterocycles. The van der Waals surface area contributed by atoms with Gasteiger partial charge in [0.1, 0.15) is 5.82 Å². The molecule has 0 radical (unpaired) electrons. The van der Waals surface area contributed by atoms with Crippen molar-refractivity contribution in [2.24, 2.45) is 11.8 Å². The first kappa shape index (κ1) is 39.6. The molecule has 15 heteroatoms. The zero-order valence-corrected chi connectivity index (χ0v) is 31.9. The molecule has 0 spiro atoms. The fourth-order valence-corrected chi connectivity index (χ4v) is 6.74. The molecule has 2 aliphatic carbocycles. The number of morpholine rings is 1. The Labute approximate surface area is 312 Å². The van der Waals surface area contributed by atoms with Crippen LogP contribution in [0.4, 0.5) is 43.8 Å². The Hall–Kier alpha value is -4.14. The van der Waals surface area contributed by atoms with E-state index in [1.165, 1.54) is 0 Å². The first-order valence-electron chi connectivity index (χ1n) is 18.9. The molecule has 3 fully saturated rings. The summed E-state index contributed by atoms with van der Waals surface area (Å²) in [6, 6.07) is 3.73. The van der Waals surface area contributed by atoms with Gasteiger partial charge in [0.2, 0.25) is 5.95 Å². The van der Waals surface area contributed by atoms with Gasteiger partial charge in [0.05, 0.1) is 53.7 Å². The van der Waals surface area contributed by atoms with E-state index in [2.05, 4.69) is 40.5 Å². The number of alkyl halides is 6. The van der Waals surface area contributed by atoms with Crippen LogP contribution in [0.2, 0.25) is 0 Å². The predicted molar refractivity (Wildman–Crippen MR) is 198 cm³/mol. The monoisotopic (exact) mass is 760 g/mol. The van der Waals surface area contributed by atoms with Gasteiger partial charge in [0.25, 0.3) is 0 Å². The van der Waals surface area contributed by atoms with Crippen LogP contribution in [0.5, 0.6) is 0 Å². The third-order valence-corrected chi connectivity index (χ3v) is 9.85. The second-order valence-corrected chi connectivity index (χ2v) is 15.4. The third-order valence-electron chi connectivity index (χ3n) is 9.85. The topological polar surface area (TPSA) is 75.4 Å². The number of hydrogen-bond acceptors (Lipinski definition) is 8. The Morgan fingerprint density at radius 3 is 1.83 bits per heavy atom. The maximum absolute atomic E-state index is 14.0. The Balaban J connectivity index is 0.00000245. The van der Waals surface area contributed by atoms with Gasteiger partial charge in [-0.3, -0.25) is 0 Å². The van der Waals surface area contributed by atoms with Crippen molar-refractivity contribution in [1.29, 1.82) is 0 Å². The van der Waals surface area contributed by atoms with Crippen molar-refractivity contribution >= 4 is 28.5 Å². The Kier molecular flexibility index (Phi) is 11.4. The molecular weight excluding hydrogens is 710 g/mol. The lowest BCUT2D eigenvalue weighted by Gasteiger charge is -2.31. The van der Waals surface area contributed by atoms with Gasteiger partial charge in [-0.05, 0) is 95.0 Å². The number of fused-ring (bicyclic) bond motifs is 1. The van der Waals surface area contributed by atoms with Crippen LogP contribution in [-0.4, -0.2) is 64.1 Å². The number of anilines is 3. The second-order valence-electron chi connectivity index (χ2n) is 15.4. The number of benzene rings is 1. The zero-order chi connectivity index (χ0) is 39.0. The van der Waals surface area contributed by atoms with Crippen LogP contribution in [0.25, 0.3) is 11.0 Å². The minimum Gasteiger partial charge on any atom is -0.378 e. The summed E-state index contributed by atoms with van der Waals surface area (Å²) in [5.74, 6) is 1.99. The van der Waals surface area contributed by atoms with Crippen LogP contribution in [0.3, 0.4) is 0 Å². The van der Waals surface area contributed by atoms with Crippen LogP contribution in [0.1, 0.15) is 88.2 Å². The number of rotatable bonds is 11. The smallest absolute Gasteiger partial charge is 0.378 e. The highest BCUT2D eigenvalue weighted by Crippen LogP contribution is 2.40. The van der Waals surface area contributed by atoms with E-state index in [1.54, 1.807) is 17.3 Å². The molecule has 0 unspecified atom stereocenters. The van der Waals surface area contributed by atoms with Crippen LogP contribution in [0, 0.1) is 18.8 Å². The number of pyridine rings is 1. The van der Waals surface area contributed by atoms with E-state index in [0.29, 0.717) is 38.1 Å². The van der Waals surface area contributed by atoms with Crippen LogP contribution < -0.4 is 14.7 Å². The van der Waals surface area contributed by atoms with Crippen LogP contribution in [0.15, 0.2) is 36.7 Å². The molecule has 9 nitrogen and oxygen atoms in total. The van der Waals surface area contributed by atoms with Crippen molar-refractivity contribution < 1.29 is 31.1 Å². The molecule has 0 amide bonds. The molecule has 294 valence electrons. The largest absolute Gasteiger partial charge is 0.416 e. The molecule has 1 saturated heterocycles. The maximum Gasteiger partial charge on any atom is 0.416 e. The first-order valence-corrected chi connectivity index (χ1v) is 18.9. The third kappa shape index (κ3) is 9.38. The number of halogens is 6. The van der Waals surface area contributed by atoms with Gasteiger partial charge in [-0.2, -0.15) is 31.4 Å². The highest BCUT2D eigenvalue weighted by Gasteiger charge is 2.38. The number of aromatic nitrogens is 5. The second kappa shape index (κ2) is 15.5. The van der Waals surface area contributed by atoms with Crippen molar-refractivity contribution in [2.45, 2.75) is 98.2 Å². The van der Waals surface area contributed by atoms with Crippen molar-refractivity contribution in [3.8, 4) is 0 Å². The van der Waals surface area contributed by atoms with E-state index in [-0.39, 0.29) is 36.2 Å². The number of aryl methyl sites for hydroxylation is 1. The van der Waals surface area contributed by atoms with E-state index in [4.69, 9.17) is 14.8 Å². The van der Waals surface area contributed by atoms with Gasteiger partial charge in [-0.1, -0.05) is 13.8 Å². The molecule has 0 atom stereocenters. The van der Waals surface area contributed by atoms with Crippen molar-refractivity contribution in [2.75, 3.05) is 54.1 Å². The molecule has 54 heavy (non-hydrogen) atoms.